The quantitative estimate of drug-likeness (QED) is 0.219. The number of hydrogen-bond acceptors (Lipinski definition) is 10. The highest BCUT2D eigenvalue weighted by atomic mass is 16.4. The van der Waals surface area contributed by atoms with Gasteiger partial charge in [-0.3, -0.25) is 19.7 Å². The number of rotatable bonds is 8. The number of carboxylic acids is 2. The second-order valence-electron chi connectivity index (χ2n) is 8.24. The molecule has 0 aliphatic carbocycles. The van der Waals surface area contributed by atoms with Gasteiger partial charge >= 0.3 is 11.9 Å². The fraction of sp³-hybridized carbons (Fsp3) is 0.148. The molecule has 2 atom stereocenters. The van der Waals surface area contributed by atoms with Crippen molar-refractivity contribution in [2.24, 2.45) is 20.5 Å². The first-order valence-corrected chi connectivity index (χ1v) is 11.8. The van der Waals surface area contributed by atoms with E-state index in [0.29, 0.717) is 22.6 Å². The van der Waals surface area contributed by atoms with E-state index >= 15 is 0 Å². The number of hydrogen-bond donors (Lipinski definition) is 3. The van der Waals surface area contributed by atoms with Crippen molar-refractivity contribution in [2.75, 3.05) is 0 Å². The molecule has 0 saturated carbocycles. The zero-order valence-electron chi connectivity index (χ0n) is 21.1. The van der Waals surface area contributed by atoms with Gasteiger partial charge in [-0.1, -0.05) is 24.3 Å². The first-order chi connectivity index (χ1) is 19.2. The summed E-state index contributed by atoms with van der Waals surface area (Å²) in [6.07, 6.45) is 0.765. The van der Waals surface area contributed by atoms with Gasteiger partial charge in [-0.15, -0.1) is 0 Å². The molecular formula is C27H24N6O7. The number of imide groups is 1. The second kappa shape index (κ2) is 13.9. The van der Waals surface area contributed by atoms with Crippen molar-refractivity contribution in [1.82, 2.24) is 5.32 Å². The zero-order valence-corrected chi connectivity index (χ0v) is 21.1. The van der Waals surface area contributed by atoms with Crippen LogP contribution in [-0.2, 0) is 19.2 Å². The average molecular weight is 545 g/mol. The van der Waals surface area contributed by atoms with Crippen molar-refractivity contribution in [1.29, 1.82) is 0 Å². The van der Waals surface area contributed by atoms with E-state index in [9.17, 15) is 24.3 Å². The Kier molecular flexibility index (Phi) is 10.1. The number of nitrogens with zero attached hydrogens (tertiary/aromatic N) is 5. The van der Waals surface area contributed by atoms with Gasteiger partial charge in [0.1, 0.15) is 6.10 Å². The molecule has 1 aliphatic heterocycles. The number of aliphatic hydroxyl groups is 1. The Bertz CT molecular complexity index is 1460. The molecule has 2 unspecified atom stereocenters. The minimum atomic E-state index is -1.90. The summed E-state index contributed by atoms with van der Waals surface area (Å²) in [6, 6.07) is 21.0. The molecule has 0 fully saturated rings. The first-order valence-electron chi connectivity index (χ1n) is 11.8. The topological polar surface area (TPSA) is 197 Å². The van der Waals surface area contributed by atoms with Crippen LogP contribution in [0.3, 0.4) is 0 Å². The van der Waals surface area contributed by atoms with Crippen molar-refractivity contribution in [2.45, 2.75) is 25.5 Å². The van der Waals surface area contributed by atoms with Gasteiger partial charge in [0.2, 0.25) is 0 Å². The monoisotopic (exact) mass is 544 g/mol. The largest absolute Gasteiger partial charge is 0.547 e. The highest BCUT2D eigenvalue weighted by molar-refractivity contribution is 6.21. The van der Waals surface area contributed by atoms with Gasteiger partial charge in [-0.25, -0.2) is 0 Å². The van der Waals surface area contributed by atoms with Crippen molar-refractivity contribution < 1.29 is 39.1 Å². The van der Waals surface area contributed by atoms with Crippen LogP contribution in [0.4, 0.5) is 17.1 Å². The summed E-state index contributed by atoms with van der Waals surface area (Å²) in [5.41, 5.74) is 2.88. The molecule has 13 nitrogen and oxygen atoms in total. The molecule has 3 aromatic rings. The fourth-order valence-corrected chi connectivity index (χ4v) is 3.32. The number of aromatic nitrogens is 1. The number of nitrogens with one attached hydrogen (secondary N) is 1. The Morgan fingerprint density at radius 2 is 1.43 bits per heavy atom. The van der Waals surface area contributed by atoms with Crippen LogP contribution in [0.1, 0.15) is 13.3 Å². The predicted molar refractivity (Wildman–Crippen MR) is 137 cm³/mol. The van der Waals surface area contributed by atoms with E-state index in [1.54, 1.807) is 60.3 Å². The number of amides is 2. The molecular weight excluding hydrogens is 520 g/mol. The van der Waals surface area contributed by atoms with E-state index in [1.165, 1.54) is 0 Å². The highest BCUT2D eigenvalue weighted by Crippen LogP contribution is 2.24. The molecule has 1 aromatic heterocycles. The summed E-state index contributed by atoms with van der Waals surface area (Å²) in [5, 5.41) is 44.8. The van der Waals surface area contributed by atoms with Crippen LogP contribution in [0.15, 0.2) is 111 Å². The van der Waals surface area contributed by atoms with Gasteiger partial charge < -0.3 is 20.1 Å². The lowest BCUT2D eigenvalue weighted by Crippen LogP contribution is -2.51. The second-order valence-corrected chi connectivity index (χ2v) is 8.24. The molecule has 0 radical (unpaired) electrons. The number of azo groups is 2. The number of benzene rings is 2. The maximum atomic E-state index is 12.3. The molecule has 4 rings (SSSR count). The number of carbonyl (C=O) groups excluding carboxylic acids is 3. The number of carboxylic acid groups (broad SMARTS) is 2. The number of aliphatic carboxylic acids is 2. The molecule has 0 spiro atoms. The molecule has 40 heavy (non-hydrogen) atoms. The van der Waals surface area contributed by atoms with Crippen molar-refractivity contribution in [3.05, 3.63) is 90.8 Å². The summed E-state index contributed by atoms with van der Waals surface area (Å²) in [7, 11) is 0. The lowest BCUT2D eigenvalue weighted by molar-refractivity contribution is -0.578. The predicted octanol–water partition coefficient (Wildman–Crippen LogP) is 2.00. The van der Waals surface area contributed by atoms with Crippen LogP contribution in [0.2, 0.25) is 0 Å². The Balaban J connectivity index is 0.000000424. The molecule has 3 N–H and O–H groups in total. The molecule has 13 heteroatoms. The maximum absolute atomic E-state index is 12.3. The van der Waals surface area contributed by atoms with Crippen LogP contribution >= 0.6 is 0 Å². The van der Waals surface area contributed by atoms with E-state index in [0.717, 1.165) is 5.69 Å². The summed E-state index contributed by atoms with van der Waals surface area (Å²) < 4.78 is 1.66. The highest BCUT2D eigenvalue weighted by Gasteiger charge is 2.38. The Hall–Kier alpha value is -5.43. The summed E-state index contributed by atoms with van der Waals surface area (Å²) in [4.78, 5) is 43.9. The summed E-state index contributed by atoms with van der Waals surface area (Å²) >= 11 is 0. The summed E-state index contributed by atoms with van der Waals surface area (Å²) in [5.74, 6) is -4.10. The zero-order chi connectivity index (χ0) is 29.1. The molecule has 0 bridgehead atoms. The van der Waals surface area contributed by atoms with E-state index < -0.39 is 42.3 Å². The van der Waals surface area contributed by atoms with Gasteiger partial charge in [0.15, 0.2) is 18.4 Å². The van der Waals surface area contributed by atoms with E-state index in [4.69, 9.17) is 10.2 Å². The molecule has 1 aliphatic rings. The van der Waals surface area contributed by atoms with Crippen LogP contribution in [-0.4, -0.2) is 46.1 Å². The standard InChI is InChI=1S/C23H18N6O2.C4H6O5/c1-16-20(22(30)24-23(31)21(16)29-14-6-3-7-15-29)28-27-19-12-10-18(11-13-19)26-25-17-8-4-2-5-9-17;5-2(4(8)9)1-3(6)7/h2-15,20H,1H3;2,5H,1H2,(H,6,7)(H,8,9). The smallest absolute Gasteiger partial charge is 0.323 e. The van der Waals surface area contributed by atoms with Gasteiger partial charge in [0, 0.05) is 17.7 Å². The van der Waals surface area contributed by atoms with Gasteiger partial charge in [-0.2, -0.15) is 25.0 Å². The lowest BCUT2D eigenvalue weighted by Gasteiger charge is -2.18. The van der Waals surface area contributed by atoms with Crippen LogP contribution in [0.25, 0.3) is 5.70 Å². The molecule has 0 saturated heterocycles. The third-order valence-electron chi connectivity index (χ3n) is 5.27. The van der Waals surface area contributed by atoms with E-state index in [-0.39, 0.29) is 0 Å². The van der Waals surface area contributed by atoms with Crippen LogP contribution in [0, 0.1) is 0 Å². The fourth-order valence-electron chi connectivity index (χ4n) is 3.32. The van der Waals surface area contributed by atoms with E-state index in [2.05, 4.69) is 25.8 Å². The lowest BCUT2D eigenvalue weighted by atomic mass is 10.0. The molecule has 2 aromatic carbocycles. The average Bonchev–Trinajstić information content (AvgIpc) is 2.93. The molecule has 2 amide bonds. The van der Waals surface area contributed by atoms with Gasteiger partial charge in [-0.05, 0) is 43.3 Å². The Morgan fingerprint density at radius 3 is 1.95 bits per heavy atom. The van der Waals surface area contributed by atoms with Crippen molar-refractivity contribution in [3.63, 3.8) is 0 Å². The minimum Gasteiger partial charge on any atom is -0.547 e. The van der Waals surface area contributed by atoms with Crippen LogP contribution < -0.4 is 15.0 Å². The van der Waals surface area contributed by atoms with Crippen molar-refractivity contribution in [3.8, 4) is 0 Å². The third-order valence-corrected chi connectivity index (χ3v) is 5.27. The van der Waals surface area contributed by atoms with Crippen LogP contribution in [0.5, 0.6) is 0 Å². The Morgan fingerprint density at radius 1 is 0.900 bits per heavy atom. The minimum absolute atomic E-state index is 0.362. The number of carbonyl (C=O) groups is 4. The SMILES string of the molecule is CC1=C([n+]2ccccc2)C(=O)NC(=O)C1N=Nc1ccc(N=Nc2ccccc2)cc1.O=C(O)CC(O)C(=O)[O-]. The maximum Gasteiger partial charge on any atom is 0.323 e. The number of pyridine rings is 1. The third kappa shape index (κ3) is 8.29. The normalized spacial score (nSPS) is 15.9. The molecule has 204 valence electrons. The Labute approximate surface area is 227 Å². The summed E-state index contributed by atoms with van der Waals surface area (Å²) in [6.45, 7) is 1.71. The number of aliphatic hydroxyl groups excluding tert-OH is 1. The van der Waals surface area contributed by atoms with Gasteiger partial charge in [0.25, 0.3) is 11.6 Å². The van der Waals surface area contributed by atoms with Gasteiger partial charge in [0.05, 0.1) is 29.5 Å². The van der Waals surface area contributed by atoms with Crippen molar-refractivity contribution >= 4 is 46.5 Å². The molecule has 2 heterocycles. The first kappa shape index (κ1) is 29.1. The van der Waals surface area contributed by atoms with E-state index in [1.807, 2.05) is 36.4 Å².